The van der Waals surface area contributed by atoms with Crippen molar-refractivity contribution < 1.29 is 9.59 Å². The van der Waals surface area contributed by atoms with E-state index in [9.17, 15) is 9.59 Å². The molecule has 1 saturated heterocycles. The minimum Gasteiger partial charge on any atom is -0.353 e. The van der Waals surface area contributed by atoms with Crippen molar-refractivity contribution in [3.63, 3.8) is 0 Å². The van der Waals surface area contributed by atoms with Crippen LogP contribution in [-0.2, 0) is 22.6 Å². The molecule has 0 spiro atoms. The van der Waals surface area contributed by atoms with Gasteiger partial charge in [0.05, 0.1) is 30.4 Å². The molecule has 0 bridgehead atoms. The molecule has 7 heteroatoms. The van der Waals surface area contributed by atoms with Crippen molar-refractivity contribution in [1.29, 1.82) is 0 Å². The van der Waals surface area contributed by atoms with E-state index in [1.807, 2.05) is 42.2 Å². The van der Waals surface area contributed by atoms with Gasteiger partial charge in [-0.2, -0.15) is 0 Å². The monoisotopic (exact) mass is 367 g/mol. The number of carbonyl (C=O) groups is 2. The van der Waals surface area contributed by atoms with Crippen molar-refractivity contribution in [1.82, 2.24) is 25.1 Å². The molecule has 2 aromatic rings. The Kier molecular flexibility index (Phi) is 4.94. The van der Waals surface area contributed by atoms with Crippen LogP contribution in [0.4, 0.5) is 0 Å². The molecule has 1 aromatic heterocycles. The molecule has 2 N–H and O–H groups in total. The molecule has 0 saturated carbocycles. The average molecular weight is 367 g/mol. The maximum Gasteiger partial charge on any atom is 0.237 e. The fourth-order valence-corrected chi connectivity index (χ4v) is 3.90. The number of nitrogens with zero attached hydrogens (tertiary/aromatic N) is 3. The first-order chi connectivity index (χ1) is 13.2. The van der Waals surface area contributed by atoms with Crippen LogP contribution in [0.25, 0.3) is 11.4 Å². The van der Waals surface area contributed by atoms with Crippen molar-refractivity contribution in [3.05, 3.63) is 41.7 Å². The molecular formula is C20H25N5O2. The van der Waals surface area contributed by atoms with Gasteiger partial charge in [0.15, 0.2) is 0 Å². The second kappa shape index (κ2) is 7.52. The third-order valence-electron chi connectivity index (χ3n) is 5.45. The number of likely N-dealkylation sites (N-methyl/N-ethyl adjacent to an activating group) is 1. The van der Waals surface area contributed by atoms with Crippen LogP contribution in [0.1, 0.15) is 24.7 Å². The lowest BCUT2D eigenvalue weighted by atomic mass is 10.1. The maximum absolute atomic E-state index is 12.8. The zero-order valence-corrected chi connectivity index (χ0v) is 15.6. The number of hydrogen-bond donors (Lipinski definition) is 2. The number of piperazine rings is 1. The normalized spacial score (nSPS) is 20.3. The lowest BCUT2D eigenvalue weighted by molar-refractivity contribution is -0.139. The summed E-state index contributed by atoms with van der Waals surface area (Å²) in [6.45, 7) is 5.42. The van der Waals surface area contributed by atoms with E-state index in [0.29, 0.717) is 19.6 Å². The zero-order valence-electron chi connectivity index (χ0n) is 15.6. The summed E-state index contributed by atoms with van der Waals surface area (Å²) in [5.41, 5.74) is 3.07. The number of H-pyrrole nitrogens is 1. The van der Waals surface area contributed by atoms with Crippen LogP contribution in [0.3, 0.4) is 0 Å². The van der Waals surface area contributed by atoms with Crippen molar-refractivity contribution >= 4 is 11.8 Å². The summed E-state index contributed by atoms with van der Waals surface area (Å²) in [4.78, 5) is 37.0. The zero-order chi connectivity index (χ0) is 18.8. The van der Waals surface area contributed by atoms with Gasteiger partial charge in [0, 0.05) is 31.6 Å². The SMILES string of the molecule is CCN1CCNC(=O)C1CC(=O)N1CCc2nc(-c3ccccc3)[nH]c2C1. The molecule has 27 heavy (non-hydrogen) atoms. The summed E-state index contributed by atoms with van der Waals surface area (Å²) in [5, 5.41) is 2.87. The van der Waals surface area contributed by atoms with Gasteiger partial charge in [-0.1, -0.05) is 37.3 Å². The fraction of sp³-hybridized carbons (Fsp3) is 0.450. The highest BCUT2D eigenvalue weighted by Gasteiger charge is 2.33. The maximum atomic E-state index is 12.8. The Morgan fingerprint density at radius 1 is 1.26 bits per heavy atom. The topological polar surface area (TPSA) is 81.3 Å². The van der Waals surface area contributed by atoms with Crippen LogP contribution in [0.5, 0.6) is 0 Å². The molecule has 3 heterocycles. The highest BCUT2D eigenvalue weighted by molar-refractivity contribution is 5.89. The molecular weight excluding hydrogens is 342 g/mol. The van der Waals surface area contributed by atoms with Gasteiger partial charge in [0.1, 0.15) is 5.82 Å². The summed E-state index contributed by atoms with van der Waals surface area (Å²) in [6, 6.07) is 9.64. The van der Waals surface area contributed by atoms with Crippen LogP contribution in [0.2, 0.25) is 0 Å². The molecule has 2 aliphatic heterocycles. The number of hydrogen-bond acceptors (Lipinski definition) is 4. The third kappa shape index (κ3) is 3.60. The lowest BCUT2D eigenvalue weighted by Gasteiger charge is -2.35. The predicted octanol–water partition coefficient (Wildman–Crippen LogP) is 1.17. The second-order valence-electron chi connectivity index (χ2n) is 7.08. The summed E-state index contributed by atoms with van der Waals surface area (Å²) in [5.74, 6) is 0.831. The fourth-order valence-electron chi connectivity index (χ4n) is 3.90. The second-order valence-corrected chi connectivity index (χ2v) is 7.08. The van der Waals surface area contributed by atoms with Gasteiger partial charge >= 0.3 is 0 Å². The summed E-state index contributed by atoms with van der Waals surface area (Å²) < 4.78 is 0. The average Bonchev–Trinajstić information content (AvgIpc) is 3.13. The molecule has 1 aromatic carbocycles. The molecule has 0 radical (unpaired) electrons. The van der Waals surface area contributed by atoms with Crippen molar-refractivity contribution in [2.75, 3.05) is 26.2 Å². The van der Waals surface area contributed by atoms with Crippen molar-refractivity contribution in [2.45, 2.75) is 32.4 Å². The van der Waals surface area contributed by atoms with Gasteiger partial charge in [-0.25, -0.2) is 4.98 Å². The van der Waals surface area contributed by atoms with Gasteiger partial charge in [-0.15, -0.1) is 0 Å². The minimum atomic E-state index is -0.362. The van der Waals surface area contributed by atoms with Gasteiger partial charge in [0.25, 0.3) is 0 Å². The Morgan fingerprint density at radius 2 is 2.07 bits per heavy atom. The van der Waals surface area contributed by atoms with E-state index in [1.165, 1.54) is 0 Å². The van der Waals surface area contributed by atoms with E-state index in [-0.39, 0.29) is 24.3 Å². The number of amides is 2. The minimum absolute atomic E-state index is 0.0250. The van der Waals surface area contributed by atoms with Gasteiger partial charge in [0.2, 0.25) is 11.8 Å². The van der Waals surface area contributed by atoms with Crippen LogP contribution < -0.4 is 5.32 Å². The predicted molar refractivity (Wildman–Crippen MR) is 102 cm³/mol. The quantitative estimate of drug-likeness (QED) is 0.850. The van der Waals surface area contributed by atoms with Gasteiger partial charge < -0.3 is 15.2 Å². The van der Waals surface area contributed by atoms with E-state index >= 15 is 0 Å². The first kappa shape index (κ1) is 17.7. The molecule has 1 unspecified atom stereocenters. The largest absolute Gasteiger partial charge is 0.353 e. The van der Waals surface area contributed by atoms with Crippen LogP contribution in [-0.4, -0.2) is 63.8 Å². The number of aromatic nitrogens is 2. The first-order valence-corrected chi connectivity index (χ1v) is 9.58. The third-order valence-corrected chi connectivity index (χ3v) is 5.45. The number of imidazole rings is 1. The van der Waals surface area contributed by atoms with E-state index in [2.05, 4.69) is 15.2 Å². The standard InChI is InChI=1S/C20H25N5O2/c1-2-24-11-9-21-20(27)17(24)12-18(26)25-10-8-15-16(13-25)23-19(22-15)14-6-4-3-5-7-14/h3-7,17H,2,8-13H2,1H3,(H,21,27)(H,22,23). The Hall–Kier alpha value is -2.67. The molecule has 2 amide bonds. The van der Waals surface area contributed by atoms with Crippen LogP contribution in [0, 0.1) is 0 Å². The molecule has 7 nitrogen and oxygen atoms in total. The molecule has 142 valence electrons. The number of nitrogens with one attached hydrogen (secondary N) is 2. The molecule has 4 rings (SSSR count). The Morgan fingerprint density at radius 3 is 2.85 bits per heavy atom. The summed E-state index contributed by atoms with van der Waals surface area (Å²) in [7, 11) is 0. The highest BCUT2D eigenvalue weighted by atomic mass is 16.2. The summed E-state index contributed by atoms with van der Waals surface area (Å²) >= 11 is 0. The molecule has 2 aliphatic rings. The number of rotatable bonds is 4. The van der Waals surface area contributed by atoms with E-state index in [1.54, 1.807) is 0 Å². The number of fused-ring (bicyclic) bond motifs is 1. The Bertz CT molecular complexity index is 832. The van der Waals surface area contributed by atoms with Crippen molar-refractivity contribution in [3.8, 4) is 11.4 Å². The van der Waals surface area contributed by atoms with E-state index in [4.69, 9.17) is 4.98 Å². The Balaban J connectivity index is 1.45. The molecule has 1 fully saturated rings. The number of benzene rings is 1. The van der Waals surface area contributed by atoms with Crippen LogP contribution in [0.15, 0.2) is 30.3 Å². The van der Waals surface area contributed by atoms with E-state index < -0.39 is 0 Å². The first-order valence-electron chi connectivity index (χ1n) is 9.58. The van der Waals surface area contributed by atoms with Gasteiger partial charge in [-0.3, -0.25) is 14.5 Å². The highest BCUT2D eigenvalue weighted by Crippen LogP contribution is 2.23. The smallest absolute Gasteiger partial charge is 0.237 e. The lowest BCUT2D eigenvalue weighted by Crippen LogP contribution is -2.56. The van der Waals surface area contributed by atoms with Crippen LogP contribution >= 0.6 is 0 Å². The molecule has 1 atom stereocenters. The van der Waals surface area contributed by atoms with Crippen molar-refractivity contribution in [2.24, 2.45) is 0 Å². The summed E-state index contributed by atoms with van der Waals surface area (Å²) in [6.07, 6.45) is 0.966. The number of aromatic amines is 1. The van der Waals surface area contributed by atoms with E-state index in [0.717, 1.165) is 42.3 Å². The van der Waals surface area contributed by atoms with Gasteiger partial charge in [-0.05, 0) is 6.54 Å². The Labute approximate surface area is 158 Å². The molecule has 0 aliphatic carbocycles. The number of carbonyl (C=O) groups excluding carboxylic acids is 2.